The third-order valence-corrected chi connectivity index (χ3v) is 8.46. The lowest BCUT2D eigenvalue weighted by Crippen LogP contribution is -2.40. The van der Waals surface area contributed by atoms with E-state index in [1.807, 2.05) is 0 Å². The van der Waals surface area contributed by atoms with Crippen molar-refractivity contribution in [3.8, 4) is 0 Å². The minimum atomic E-state index is -0.763. The van der Waals surface area contributed by atoms with Gasteiger partial charge in [-0.05, 0) is 38.5 Å². The van der Waals surface area contributed by atoms with Crippen molar-refractivity contribution < 1.29 is 52.3 Å². The summed E-state index contributed by atoms with van der Waals surface area (Å²) in [7, 11) is 0. The second-order valence-electron chi connectivity index (χ2n) is 12.6. The quantitative estimate of drug-likeness (QED) is 0.0576. The Kier molecular flexibility index (Phi) is 39.1. The van der Waals surface area contributed by atoms with Gasteiger partial charge < -0.3 is 38.5 Å². The summed E-state index contributed by atoms with van der Waals surface area (Å²) in [5.74, 6) is 1.48. The third kappa shape index (κ3) is 35.5. The SMILES string of the molecule is O=C(CCCl)CCCCOCCCOCCOCC(COCCOCCCCC(=O)CCCl)(COCCOCCCNC(=O)CCCl)CC(=O)CCCl. The molecule has 1 N–H and O–H groups in total. The maximum atomic E-state index is 12.9. The van der Waals surface area contributed by atoms with Crippen LogP contribution in [0.4, 0.5) is 0 Å². The highest BCUT2D eigenvalue weighted by Gasteiger charge is 2.34. The summed E-state index contributed by atoms with van der Waals surface area (Å²) in [6.07, 6.45) is 7.11. The molecule has 1 atom stereocenters. The van der Waals surface area contributed by atoms with E-state index in [9.17, 15) is 19.2 Å². The molecule has 0 saturated heterocycles. The Hall–Kier alpha value is -0.640. The van der Waals surface area contributed by atoms with Crippen molar-refractivity contribution in [3.05, 3.63) is 0 Å². The predicted molar refractivity (Wildman–Crippen MR) is 209 cm³/mol. The van der Waals surface area contributed by atoms with Gasteiger partial charge in [0.05, 0.1) is 59.5 Å². The van der Waals surface area contributed by atoms with Crippen molar-refractivity contribution in [1.29, 1.82) is 0 Å². The van der Waals surface area contributed by atoms with Gasteiger partial charge in [-0.2, -0.15) is 0 Å². The van der Waals surface area contributed by atoms with Crippen molar-refractivity contribution in [2.24, 2.45) is 5.41 Å². The fraction of sp³-hybridized carbons (Fsp3) is 0.892. The maximum absolute atomic E-state index is 12.9. The molecule has 0 bridgehead atoms. The van der Waals surface area contributed by atoms with Crippen molar-refractivity contribution in [3.63, 3.8) is 0 Å². The standard InChI is InChI=1S/C37H65Cl4NO11/c38-13-9-33(43)7-1-3-18-47-21-6-22-50-25-28-53-32-37(29-35(45)11-15-40,30-51-26-23-48-19-4-2-8-34(44)10-14-39)31-52-27-24-49-20-5-17-42-36(46)12-16-41/h1-32H2,(H,42,46). The molecular formula is C37H65Cl4NO11. The fourth-order valence-corrected chi connectivity index (χ4v) is 5.67. The molecule has 312 valence electrons. The monoisotopic (exact) mass is 839 g/mol. The van der Waals surface area contributed by atoms with Crippen molar-refractivity contribution in [2.45, 2.75) is 83.5 Å². The van der Waals surface area contributed by atoms with Gasteiger partial charge >= 0.3 is 0 Å². The van der Waals surface area contributed by atoms with Gasteiger partial charge in [0.15, 0.2) is 0 Å². The lowest BCUT2D eigenvalue weighted by atomic mass is 9.84. The van der Waals surface area contributed by atoms with Crippen LogP contribution in [0.25, 0.3) is 0 Å². The second-order valence-corrected chi connectivity index (χ2v) is 14.1. The van der Waals surface area contributed by atoms with Gasteiger partial charge in [0.1, 0.15) is 17.3 Å². The highest BCUT2D eigenvalue weighted by Crippen LogP contribution is 2.26. The average Bonchev–Trinajstić information content (AvgIpc) is 3.12. The van der Waals surface area contributed by atoms with Crippen molar-refractivity contribution in [2.75, 3.05) is 123 Å². The first-order chi connectivity index (χ1) is 25.8. The zero-order valence-electron chi connectivity index (χ0n) is 31.6. The van der Waals surface area contributed by atoms with Gasteiger partial charge in [-0.15, -0.1) is 46.4 Å². The first-order valence-electron chi connectivity index (χ1n) is 18.9. The largest absolute Gasteiger partial charge is 0.381 e. The van der Waals surface area contributed by atoms with Crippen LogP contribution in [0.3, 0.4) is 0 Å². The molecule has 0 rings (SSSR count). The molecule has 0 fully saturated rings. The highest BCUT2D eigenvalue weighted by molar-refractivity contribution is 6.19. The minimum Gasteiger partial charge on any atom is -0.381 e. The molecule has 0 aliphatic rings. The molecule has 0 spiro atoms. The Morgan fingerprint density at radius 3 is 1.23 bits per heavy atom. The van der Waals surface area contributed by atoms with E-state index >= 15 is 0 Å². The van der Waals surface area contributed by atoms with E-state index in [-0.39, 0.29) is 74.1 Å². The predicted octanol–water partition coefficient (Wildman–Crippen LogP) is 5.94. The molecule has 0 radical (unpaired) electrons. The summed E-state index contributed by atoms with van der Waals surface area (Å²) >= 11 is 22.7. The summed E-state index contributed by atoms with van der Waals surface area (Å²) in [6, 6.07) is 0. The summed E-state index contributed by atoms with van der Waals surface area (Å²) in [5, 5.41) is 2.78. The number of hydrogen-bond acceptors (Lipinski definition) is 11. The van der Waals surface area contributed by atoms with Crippen molar-refractivity contribution >= 4 is 69.7 Å². The second kappa shape index (κ2) is 39.6. The molecule has 0 aliphatic carbocycles. The summed E-state index contributed by atoms with van der Waals surface area (Å²) in [5.41, 5.74) is -0.763. The first-order valence-corrected chi connectivity index (χ1v) is 21.1. The molecule has 12 nitrogen and oxygen atoms in total. The number of nitrogens with one attached hydrogen (secondary N) is 1. The third-order valence-electron chi connectivity index (χ3n) is 7.71. The van der Waals surface area contributed by atoms with Crippen LogP contribution in [0.1, 0.15) is 83.5 Å². The maximum Gasteiger partial charge on any atom is 0.221 e. The zero-order chi connectivity index (χ0) is 39.1. The molecule has 0 aromatic carbocycles. The Morgan fingerprint density at radius 1 is 0.396 bits per heavy atom. The van der Waals surface area contributed by atoms with Crippen LogP contribution in [0, 0.1) is 5.41 Å². The number of amides is 1. The van der Waals surface area contributed by atoms with Gasteiger partial charge in [0.2, 0.25) is 5.91 Å². The van der Waals surface area contributed by atoms with Gasteiger partial charge in [-0.1, -0.05) is 0 Å². The van der Waals surface area contributed by atoms with Crippen LogP contribution >= 0.6 is 46.4 Å². The number of unbranched alkanes of at least 4 members (excludes halogenated alkanes) is 2. The number of alkyl halides is 4. The molecule has 0 saturated carbocycles. The number of rotatable bonds is 43. The Labute approximate surface area is 337 Å². The first kappa shape index (κ1) is 52.4. The van der Waals surface area contributed by atoms with E-state index in [2.05, 4.69) is 5.32 Å². The van der Waals surface area contributed by atoms with E-state index < -0.39 is 5.41 Å². The minimum absolute atomic E-state index is 0.0127. The highest BCUT2D eigenvalue weighted by atomic mass is 35.5. The Bertz CT molecular complexity index is 869. The molecule has 0 aromatic rings. The van der Waals surface area contributed by atoms with Gasteiger partial charge in [-0.3, -0.25) is 19.2 Å². The topological polar surface area (TPSA) is 145 Å². The fourth-order valence-electron chi connectivity index (χ4n) is 4.87. The molecule has 0 heterocycles. The zero-order valence-corrected chi connectivity index (χ0v) is 34.7. The van der Waals surface area contributed by atoms with E-state index in [0.29, 0.717) is 123 Å². The lowest BCUT2D eigenvalue weighted by molar-refractivity contribution is -0.130. The average molecular weight is 842 g/mol. The van der Waals surface area contributed by atoms with Crippen molar-refractivity contribution in [1.82, 2.24) is 5.32 Å². The number of ether oxygens (including phenoxy) is 7. The van der Waals surface area contributed by atoms with Crippen LogP contribution in [-0.2, 0) is 52.3 Å². The van der Waals surface area contributed by atoms with Crippen LogP contribution < -0.4 is 5.32 Å². The normalized spacial score (nSPS) is 12.5. The molecule has 53 heavy (non-hydrogen) atoms. The van der Waals surface area contributed by atoms with E-state index in [0.717, 1.165) is 32.1 Å². The molecule has 0 aliphatic heterocycles. The molecule has 0 aromatic heterocycles. The molecule has 1 amide bonds. The van der Waals surface area contributed by atoms with Gasteiger partial charge in [-0.25, -0.2) is 0 Å². The molecule has 1 unspecified atom stereocenters. The number of carbonyl (C=O) groups is 4. The van der Waals surface area contributed by atoms with Crippen LogP contribution in [0.2, 0.25) is 0 Å². The summed E-state index contributed by atoms with van der Waals surface area (Å²) in [4.78, 5) is 47.5. The van der Waals surface area contributed by atoms with Crippen LogP contribution in [-0.4, -0.2) is 146 Å². The van der Waals surface area contributed by atoms with E-state index in [1.165, 1.54) is 0 Å². The van der Waals surface area contributed by atoms with Crippen LogP contribution in [0.15, 0.2) is 0 Å². The number of Topliss-reactive ketones (excluding diaryl/α,β-unsaturated/α-hetero) is 3. The van der Waals surface area contributed by atoms with E-state index in [4.69, 9.17) is 79.6 Å². The Morgan fingerprint density at radius 2 is 0.774 bits per heavy atom. The molecule has 16 heteroatoms. The Balaban J connectivity index is 4.75. The molecular weight excluding hydrogens is 776 g/mol. The smallest absolute Gasteiger partial charge is 0.221 e. The summed E-state index contributed by atoms with van der Waals surface area (Å²) < 4.78 is 40.7. The number of carbonyl (C=O) groups excluding carboxylic acids is 4. The van der Waals surface area contributed by atoms with E-state index in [1.54, 1.807) is 0 Å². The number of ketones is 3. The van der Waals surface area contributed by atoms with Gasteiger partial charge in [0.25, 0.3) is 0 Å². The summed E-state index contributed by atoms with van der Waals surface area (Å²) in [6.45, 7) is 5.85. The van der Waals surface area contributed by atoms with Gasteiger partial charge in [0, 0.05) is 113 Å². The number of halogens is 4. The lowest BCUT2D eigenvalue weighted by Gasteiger charge is -2.33. The van der Waals surface area contributed by atoms with Crippen LogP contribution in [0.5, 0.6) is 0 Å². The number of hydrogen-bond donors (Lipinski definition) is 1.